The van der Waals surface area contributed by atoms with Gasteiger partial charge in [-0.25, -0.2) is 0 Å². The van der Waals surface area contributed by atoms with Gasteiger partial charge in [0.05, 0.1) is 11.4 Å². The maximum atomic E-state index is 12.3. The van der Waals surface area contributed by atoms with Crippen molar-refractivity contribution in [2.24, 2.45) is 0 Å². The van der Waals surface area contributed by atoms with Crippen molar-refractivity contribution in [2.75, 3.05) is 11.5 Å². The molecule has 0 bridgehead atoms. The Kier molecular flexibility index (Phi) is 2.88. The van der Waals surface area contributed by atoms with E-state index in [4.69, 9.17) is 11.5 Å². The van der Waals surface area contributed by atoms with Gasteiger partial charge < -0.3 is 11.5 Å². The minimum atomic E-state index is -1.71. The molecule has 0 aromatic heterocycles. The highest BCUT2D eigenvalue weighted by molar-refractivity contribution is 7.62. The van der Waals surface area contributed by atoms with Gasteiger partial charge in [0.2, 0.25) is 10.6 Å². The van der Waals surface area contributed by atoms with Crippen molar-refractivity contribution in [3.05, 3.63) is 48.5 Å². The minimum absolute atomic E-state index is 0.534. The summed E-state index contributed by atoms with van der Waals surface area (Å²) in [5, 5.41) is 1.27. The van der Waals surface area contributed by atoms with Gasteiger partial charge in [-0.05, 0) is 24.3 Å². The van der Waals surface area contributed by atoms with Crippen LogP contribution in [0.2, 0.25) is 0 Å². The average molecular weight is 231 g/mol. The first kappa shape index (κ1) is 10.7. The van der Waals surface area contributed by atoms with Crippen LogP contribution in [-0.4, -0.2) is 0 Å². The van der Waals surface area contributed by atoms with Crippen molar-refractivity contribution in [3.63, 3.8) is 0 Å². The molecule has 2 aromatic rings. The molecule has 0 atom stereocenters. The van der Waals surface area contributed by atoms with E-state index < -0.39 is 7.80 Å². The van der Waals surface area contributed by atoms with Gasteiger partial charge in [-0.15, -0.1) is 0 Å². The van der Waals surface area contributed by atoms with Gasteiger partial charge in [-0.3, -0.25) is 0 Å². The predicted molar refractivity (Wildman–Crippen MR) is 68.6 cm³/mol. The van der Waals surface area contributed by atoms with Crippen molar-refractivity contribution in [1.82, 2.24) is 0 Å². The molecular weight excluding hydrogens is 219 g/mol. The summed E-state index contributed by atoms with van der Waals surface area (Å²) in [6.07, 6.45) is 0. The predicted octanol–water partition coefficient (Wildman–Crippen LogP) is 1.63. The minimum Gasteiger partial charge on any atom is -0.395 e. The second-order valence-electron chi connectivity index (χ2n) is 3.41. The van der Waals surface area contributed by atoms with E-state index in [2.05, 4.69) is 0 Å². The molecule has 4 heteroatoms. The number of nitrogen functional groups attached to an aromatic ring is 2. The van der Waals surface area contributed by atoms with Crippen LogP contribution >= 0.6 is 7.80 Å². The van der Waals surface area contributed by atoms with Crippen molar-refractivity contribution in [1.29, 1.82) is 0 Å². The van der Waals surface area contributed by atoms with Crippen LogP contribution in [-0.2, 0) is 4.57 Å². The summed E-state index contributed by atoms with van der Waals surface area (Å²) in [6.45, 7) is 0. The maximum Gasteiger partial charge on any atom is 0.419 e. The molecule has 2 rings (SSSR count). The fourth-order valence-electron chi connectivity index (χ4n) is 1.47. The molecule has 0 amide bonds. The monoisotopic (exact) mass is 231 g/mol. The molecule has 0 spiro atoms. The van der Waals surface area contributed by atoms with Gasteiger partial charge >= 0.3 is 7.80 Å². The van der Waals surface area contributed by atoms with Gasteiger partial charge in [0.1, 0.15) is 0 Å². The van der Waals surface area contributed by atoms with Crippen LogP contribution < -0.4 is 22.1 Å². The Balaban J connectivity index is 2.48. The molecule has 0 unspecified atom stereocenters. The highest BCUT2D eigenvalue weighted by atomic mass is 31.1. The van der Waals surface area contributed by atoms with Gasteiger partial charge in [0.15, 0.2) is 0 Å². The van der Waals surface area contributed by atoms with Crippen molar-refractivity contribution in [2.45, 2.75) is 0 Å². The van der Waals surface area contributed by atoms with Gasteiger partial charge in [0, 0.05) is 0 Å². The van der Waals surface area contributed by atoms with Crippen molar-refractivity contribution < 1.29 is 4.57 Å². The SMILES string of the molecule is Nc1ccccc1[P+](=O)c1ccccc1N. The Labute approximate surface area is 94.9 Å². The normalized spacial score (nSPS) is 10.0. The Morgan fingerprint density at radius 3 is 1.50 bits per heavy atom. The van der Waals surface area contributed by atoms with E-state index in [1.54, 1.807) is 24.3 Å². The van der Waals surface area contributed by atoms with E-state index in [0.29, 0.717) is 22.0 Å². The first-order chi connectivity index (χ1) is 7.70. The lowest BCUT2D eigenvalue weighted by atomic mass is 10.3. The quantitative estimate of drug-likeness (QED) is 0.609. The van der Waals surface area contributed by atoms with Crippen LogP contribution in [0, 0.1) is 0 Å². The first-order valence-corrected chi connectivity index (χ1v) is 6.12. The lowest BCUT2D eigenvalue weighted by Gasteiger charge is -1.96. The molecule has 0 saturated heterocycles. The fraction of sp³-hybridized carbons (Fsp3) is 0. The first-order valence-electron chi connectivity index (χ1n) is 4.86. The Morgan fingerprint density at radius 2 is 1.12 bits per heavy atom. The largest absolute Gasteiger partial charge is 0.419 e. The summed E-state index contributed by atoms with van der Waals surface area (Å²) in [5.74, 6) is 0. The number of rotatable bonds is 2. The molecular formula is C12H12N2OP+. The number of nitrogens with two attached hydrogens (primary N) is 2. The van der Waals surface area contributed by atoms with E-state index in [9.17, 15) is 4.57 Å². The van der Waals surface area contributed by atoms with E-state index in [0.717, 1.165) is 0 Å². The number of hydrogen-bond donors (Lipinski definition) is 2. The van der Waals surface area contributed by atoms with Gasteiger partial charge in [-0.2, -0.15) is 0 Å². The van der Waals surface area contributed by atoms with Gasteiger partial charge in [-0.1, -0.05) is 28.8 Å². The fourth-order valence-corrected chi connectivity index (χ4v) is 2.80. The summed E-state index contributed by atoms with van der Waals surface area (Å²) >= 11 is 0. The lowest BCUT2D eigenvalue weighted by Crippen LogP contribution is -2.13. The smallest absolute Gasteiger partial charge is 0.395 e. The zero-order chi connectivity index (χ0) is 11.5. The lowest BCUT2D eigenvalue weighted by molar-refractivity contribution is 0.598. The second kappa shape index (κ2) is 4.33. The third-order valence-corrected chi connectivity index (χ3v) is 4.00. The zero-order valence-electron chi connectivity index (χ0n) is 8.63. The molecule has 0 radical (unpaired) electrons. The van der Waals surface area contributed by atoms with E-state index in [1.807, 2.05) is 24.3 Å². The topological polar surface area (TPSA) is 69.1 Å². The van der Waals surface area contributed by atoms with Crippen LogP contribution in [0.4, 0.5) is 11.4 Å². The average Bonchev–Trinajstić information content (AvgIpc) is 2.29. The zero-order valence-corrected chi connectivity index (χ0v) is 9.52. The van der Waals surface area contributed by atoms with Gasteiger partial charge in [0.25, 0.3) is 0 Å². The Bertz CT molecular complexity index is 493. The van der Waals surface area contributed by atoms with E-state index >= 15 is 0 Å². The summed E-state index contributed by atoms with van der Waals surface area (Å²) < 4.78 is 12.3. The number of anilines is 2. The molecule has 0 fully saturated rings. The molecule has 4 N–H and O–H groups in total. The number of benzene rings is 2. The number of hydrogen-bond acceptors (Lipinski definition) is 3. The third-order valence-electron chi connectivity index (χ3n) is 2.31. The van der Waals surface area contributed by atoms with Crippen molar-refractivity contribution in [3.8, 4) is 0 Å². The van der Waals surface area contributed by atoms with Crippen molar-refractivity contribution >= 4 is 29.8 Å². The molecule has 0 heterocycles. The van der Waals surface area contributed by atoms with Crippen LogP contribution in [0.5, 0.6) is 0 Å². The molecule has 16 heavy (non-hydrogen) atoms. The molecule has 0 aliphatic heterocycles. The van der Waals surface area contributed by atoms with E-state index in [1.165, 1.54) is 0 Å². The summed E-state index contributed by atoms with van der Waals surface area (Å²) in [4.78, 5) is 0. The maximum absolute atomic E-state index is 12.3. The van der Waals surface area contributed by atoms with Crippen LogP contribution in [0.15, 0.2) is 48.5 Å². The van der Waals surface area contributed by atoms with E-state index in [-0.39, 0.29) is 0 Å². The Hall–Kier alpha value is -1.86. The molecule has 0 aliphatic rings. The van der Waals surface area contributed by atoms with Crippen LogP contribution in [0.3, 0.4) is 0 Å². The Morgan fingerprint density at radius 1 is 0.750 bits per heavy atom. The molecule has 2 aromatic carbocycles. The van der Waals surface area contributed by atoms with Crippen LogP contribution in [0.1, 0.15) is 0 Å². The highest BCUT2D eigenvalue weighted by Gasteiger charge is 2.27. The molecule has 0 aliphatic carbocycles. The summed E-state index contributed by atoms with van der Waals surface area (Å²) in [5.41, 5.74) is 12.6. The number of para-hydroxylation sites is 2. The molecule has 0 saturated carbocycles. The standard InChI is InChI=1S/C12H12N2OP/c13-9-5-1-3-7-11(9)16(15)12-8-4-2-6-10(12)14/h1-8H,13-14H2/q+1. The van der Waals surface area contributed by atoms with Crippen LogP contribution in [0.25, 0.3) is 0 Å². The summed E-state index contributed by atoms with van der Waals surface area (Å²) in [6, 6.07) is 14.3. The molecule has 80 valence electrons. The molecule has 3 nitrogen and oxygen atoms in total. The summed E-state index contributed by atoms with van der Waals surface area (Å²) in [7, 11) is -1.71. The highest BCUT2D eigenvalue weighted by Crippen LogP contribution is 2.25. The second-order valence-corrected chi connectivity index (χ2v) is 4.96. The third kappa shape index (κ3) is 1.90.